The molecule has 2 rings (SSSR count). The van der Waals surface area contributed by atoms with Crippen LogP contribution in [0.1, 0.15) is 31.6 Å². The average Bonchev–Trinajstić information content (AvgIpc) is 2.86. The summed E-state index contributed by atoms with van der Waals surface area (Å²) in [5, 5.41) is 3.84. The third-order valence-corrected chi connectivity index (χ3v) is 2.66. The normalized spacial score (nSPS) is 12.6. The van der Waals surface area contributed by atoms with Crippen molar-refractivity contribution in [1.82, 2.24) is 15.1 Å². The molecule has 2 aromatic heterocycles. The van der Waals surface area contributed by atoms with Gasteiger partial charge in [0.2, 0.25) is 11.7 Å². The quantitative estimate of drug-likeness (QED) is 0.879. The standard InChI is InChI=1S/C12H15FN4O/c1-8(3-2-6-14)12-16-11(17-18-12)10-5-4-9(13)7-15-10/h4-5,7-8H,2-3,6,14H2,1H3. The smallest absolute Gasteiger partial charge is 0.229 e. The van der Waals surface area contributed by atoms with Gasteiger partial charge in [0.05, 0.1) is 6.20 Å². The molecule has 6 heteroatoms. The minimum atomic E-state index is -0.390. The molecule has 0 aliphatic rings. The monoisotopic (exact) mass is 250 g/mol. The summed E-state index contributed by atoms with van der Waals surface area (Å²) in [4.78, 5) is 8.16. The van der Waals surface area contributed by atoms with Crippen LogP contribution in [0, 0.1) is 5.82 Å². The predicted octanol–water partition coefficient (Wildman–Crippen LogP) is 2.11. The van der Waals surface area contributed by atoms with Gasteiger partial charge in [-0.05, 0) is 31.5 Å². The van der Waals surface area contributed by atoms with Crippen molar-refractivity contribution >= 4 is 0 Å². The molecule has 0 radical (unpaired) electrons. The number of nitrogens with zero attached hydrogens (tertiary/aromatic N) is 3. The lowest BCUT2D eigenvalue weighted by Gasteiger charge is -2.03. The predicted molar refractivity (Wildman–Crippen MR) is 64.2 cm³/mol. The van der Waals surface area contributed by atoms with Gasteiger partial charge in [-0.25, -0.2) is 9.37 Å². The van der Waals surface area contributed by atoms with Gasteiger partial charge in [0.15, 0.2) is 0 Å². The summed E-state index contributed by atoms with van der Waals surface area (Å²) in [6.07, 6.45) is 2.94. The van der Waals surface area contributed by atoms with Crippen LogP contribution in [0.5, 0.6) is 0 Å². The highest BCUT2D eigenvalue weighted by Crippen LogP contribution is 2.21. The summed E-state index contributed by atoms with van der Waals surface area (Å²) < 4.78 is 17.9. The van der Waals surface area contributed by atoms with Gasteiger partial charge in [-0.15, -0.1) is 0 Å². The minimum Gasteiger partial charge on any atom is -0.339 e. The molecular formula is C12H15FN4O. The first-order valence-corrected chi connectivity index (χ1v) is 5.86. The molecule has 0 aliphatic heterocycles. The van der Waals surface area contributed by atoms with E-state index in [0.29, 0.717) is 24.0 Å². The number of nitrogens with two attached hydrogens (primary N) is 1. The fourth-order valence-corrected chi connectivity index (χ4v) is 1.60. The maximum absolute atomic E-state index is 12.7. The van der Waals surface area contributed by atoms with Crippen LogP contribution < -0.4 is 5.73 Å². The first-order chi connectivity index (χ1) is 8.70. The van der Waals surface area contributed by atoms with E-state index in [1.54, 1.807) is 0 Å². The number of rotatable bonds is 5. The van der Waals surface area contributed by atoms with Gasteiger partial charge < -0.3 is 10.3 Å². The topological polar surface area (TPSA) is 77.8 Å². The molecule has 1 atom stereocenters. The van der Waals surface area contributed by atoms with Crippen molar-refractivity contribution in [1.29, 1.82) is 0 Å². The van der Waals surface area contributed by atoms with Crippen LogP contribution in [0.4, 0.5) is 4.39 Å². The van der Waals surface area contributed by atoms with E-state index in [0.717, 1.165) is 19.0 Å². The Morgan fingerprint density at radius 3 is 2.94 bits per heavy atom. The van der Waals surface area contributed by atoms with E-state index >= 15 is 0 Å². The van der Waals surface area contributed by atoms with E-state index in [9.17, 15) is 4.39 Å². The molecule has 5 nitrogen and oxygen atoms in total. The van der Waals surface area contributed by atoms with Crippen molar-refractivity contribution in [3.05, 3.63) is 30.0 Å². The highest BCUT2D eigenvalue weighted by Gasteiger charge is 2.15. The Kier molecular flexibility index (Phi) is 3.99. The van der Waals surface area contributed by atoms with Gasteiger partial charge in [-0.1, -0.05) is 12.1 Å². The molecule has 0 aromatic carbocycles. The van der Waals surface area contributed by atoms with Gasteiger partial charge in [0.25, 0.3) is 0 Å². The first-order valence-electron chi connectivity index (χ1n) is 5.86. The number of aromatic nitrogens is 3. The Hall–Kier alpha value is -1.82. The van der Waals surface area contributed by atoms with Crippen molar-refractivity contribution in [2.24, 2.45) is 5.73 Å². The molecule has 0 saturated carbocycles. The molecule has 2 aromatic rings. The lowest BCUT2D eigenvalue weighted by molar-refractivity contribution is 0.352. The average molecular weight is 250 g/mol. The molecular weight excluding hydrogens is 235 g/mol. The van der Waals surface area contributed by atoms with E-state index in [2.05, 4.69) is 15.1 Å². The third kappa shape index (κ3) is 2.89. The number of hydrogen-bond donors (Lipinski definition) is 1. The molecule has 2 N–H and O–H groups in total. The maximum Gasteiger partial charge on any atom is 0.229 e. The van der Waals surface area contributed by atoms with Gasteiger partial charge in [0, 0.05) is 5.92 Å². The lowest BCUT2D eigenvalue weighted by Crippen LogP contribution is -2.02. The van der Waals surface area contributed by atoms with E-state index in [1.807, 2.05) is 6.92 Å². The summed E-state index contributed by atoms with van der Waals surface area (Å²) in [6.45, 7) is 2.65. The van der Waals surface area contributed by atoms with Gasteiger partial charge in [-0.2, -0.15) is 4.98 Å². The number of hydrogen-bond acceptors (Lipinski definition) is 5. The molecule has 0 amide bonds. The van der Waals surface area contributed by atoms with Crippen LogP contribution >= 0.6 is 0 Å². The van der Waals surface area contributed by atoms with Gasteiger partial charge in [0.1, 0.15) is 11.5 Å². The molecule has 0 fully saturated rings. The van der Waals surface area contributed by atoms with Crippen molar-refractivity contribution in [2.75, 3.05) is 6.54 Å². The van der Waals surface area contributed by atoms with E-state index in [1.165, 1.54) is 12.1 Å². The molecule has 96 valence electrons. The molecule has 1 unspecified atom stereocenters. The highest BCUT2D eigenvalue weighted by atomic mass is 19.1. The van der Waals surface area contributed by atoms with Crippen LogP contribution in [0.3, 0.4) is 0 Å². The van der Waals surface area contributed by atoms with E-state index < -0.39 is 5.82 Å². The first kappa shape index (κ1) is 12.6. The maximum atomic E-state index is 12.7. The summed E-state index contributed by atoms with van der Waals surface area (Å²) in [5.41, 5.74) is 5.95. The molecule has 2 heterocycles. The largest absolute Gasteiger partial charge is 0.339 e. The Bertz CT molecular complexity index is 497. The molecule has 0 bridgehead atoms. The zero-order chi connectivity index (χ0) is 13.0. The summed E-state index contributed by atoms with van der Waals surface area (Å²) in [7, 11) is 0. The zero-order valence-corrected chi connectivity index (χ0v) is 10.1. The van der Waals surface area contributed by atoms with E-state index in [-0.39, 0.29) is 5.92 Å². The Balaban J connectivity index is 2.12. The van der Waals surface area contributed by atoms with Crippen LogP contribution in [0.25, 0.3) is 11.5 Å². The van der Waals surface area contributed by atoms with E-state index in [4.69, 9.17) is 10.3 Å². The third-order valence-electron chi connectivity index (χ3n) is 2.66. The Morgan fingerprint density at radius 1 is 1.44 bits per heavy atom. The Morgan fingerprint density at radius 2 is 2.28 bits per heavy atom. The fourth-order valence-electron chi connectivity index (χ4n) is 1.60. The van der Waals surface area contributed by atoms with Crippen LogP contribution in [0.15, 0.2) is 22.9 Å². The van der Waals surface area contributed by atoms with Crippen molar-refractivity contribution < 1.29 is 8.91 Å². The summed E-state index contributed by atoms with van der Waals surface area (Å²) in [5.74, 6) is 0.711. The zero-order valence-electron chi connectivity index (χ0n) is 10.1. The van der Waals surface area contributed by atoms with Crippen LogP contribution in [-0.4, -0.2) is 21.7 Å². The van der Waals surface area contributed by atoms with Crippen molar-refractivity contribution in [2.45, 2.75) is 25.7 Å². The Labute approximate surface area is 104 Å². The molecule has 18 heavy (non-hydrogen) atoms. The minimum absolute atomic E-state index is 0.162. The SMILES string of the molecule is CC(CCCN)c1nc(-c2ccc(F)cn2)no1. The van der Waals surface area contributed by atoms with Gasteiger partial charge >= 0.3 is 0 Å². The summed E-state index contributed by atoms with van der Waals surface area (Å²) >= 11 is 0. The second-order valence-corrected chi connectivity index (χ2v) is 4.15. The van der Waals surface area contributed by atoms with Crippen molar-refractivity contribution in [3.8, 4) is 11.5 Å². The fraction of sp³-hybridized carbons (Fsp3) is 0.417. The van der Waals surface area contributed by atoms with Crippen molar-refractivity contribution in [3.63, 3.8) is 0 Å². The van der Waals surface area contributed by atoms with Crippen LogP contribution in [0.2, 0.25) is 0 Å². The lowest BCUT2D eigenvalue weighted by atomic mass is 10.1. The second kappa shape index (κ2) is 5.68. The number of pyridine rings is 1. The molecule has 0 spiro atoms. The van der Waals surface area contributed by atoms with Gasteiger partial charge in [-0.3, -0.25) is 0 Å². The molecule has 0 aliphatic carbocycles. The van der Waals surface area contributed by atoms with Crippen LogP contribution in [-0.2, 0) is 0 Å². The second-order valence-electron chi connectivity index (χ2n) is 4.15. The summed E-state index contributed by atoms with van der Waals surface area (Å²) in [6, 6.07) is 2.84. The number of halogens is 1. The highest BCUT2D eigenvalue weighted by molar-refractivity contribution is 5.47. The molecule has 0 saturated heterocycles.